The fraction of sp³-hybridized carbons (Fsp3) is 0.588. The Kier molecular flexibility index (Phi) is 4.47. The number of hydrogen-bond acceptors (Lipinski definition) is 6. The number of imide groups is 1. The number of amides is 4. The molecule has 4 amide bonds. The van der Waals surface area contributed by atoms with Gasteiger partial charge in [0.1, 0.15) is 11.7 Å². The number of allylic oxidation sites excluding steroid dienone is 2. The van der Waals surface area contributed by atoms with Crippen molar-refractivity contribution in [2.75, 3.05) is 12.0 Å². The highest BCUT2D eigenvalue weighted by molar-refractivity contribution is 7.15. The molecule has 2 fully saturated rings. The molecule has 2 N–H and O–H groups in total. The zero-order chi connectivity index (χ0) is 18.3. The van der Waals surface area contributed by atoms with Crippen LogP contribution in [0.5, 0.6) is 0 Å². The summed E-state index contributed by atoms with van der Waals surface area (Å²) in [5, 5.41) is 14.4. The van der Waals surface area contributed by atoms with Crippen LogP contribution >= 0.6 is 11.3 Å². The molecule has 8 nitrogen and oxygen atoms in total. The van der Waals surface area contributed by atoms with Crippen LogP contribution < -0.4 is 10.6 Å². The maximum absolute atomic E-state index is 12.7. The Morgan fingerprint density at radius 2 is 1.85 bits per heavy atom. The summed E-state index contributed by atoms with van der Waals surface area (Å²) in [7, 11) is 0. The first kappa shape index (κ1) is 17.1. The number of aryl methyl sites for hydroxylation is 1. The van der Waals surface area contributed by atoms with Crippen LogP contribution in [0.25, 0.3) is 0 Å². The molecule has 0 aromatic carbocycles. The Morgan fingerprint density at radius 3 is 2.42 bits per heavy atom. The van der Waals surface area contributed by atoms with Crippen LogP contribution in [0.2, 0.25) is 0 Å². The third kappa shape index (κ3) is 2.90. The molecule has 3 aliphatic carbocycles. The lowest BCUT2D eigenvalue weighted by molar-refractivity contribution is -0.140. The van der Waals surface area contributed by atoms with Gasteiger partial charge in [0.2, 0.25) is 16.9 Å². The molecule has 1 aromatic heterocycles. The van der Waals surface area contributed by atoms with E-state index in [1.54, 1.807) is 0 Å². The van der Waals surface area contributed by atoms with E-state index in [-0.39, 0.29) is 42.2 Å². The van der Waals surface area contributed by atoms with E-state index in [4.69, 9.17) is 0 Å². The van der Waals surface area contributed by atoms with E-state index in [9.17, 15) is 14.4 Å². The number of carbonyl (C=O) groups is 3. The molecule has 1 saturated carbocycles. The van der Waals surface area contributed by atoms with Gasteiger partial charge in [0.15, 0.2) is 0 Å². The highest BCUT2D eigenvalue weighted by Gasteiger charge is 2.56. The van der Waals surface area contributed by atoms with Crippen LogP contribution in [0.15, 0.2) is 12.2 Å². The smallest absolute Gasteiger partial charge is 0.320 e. The number of hydrogen-bond donors (Lipinski definition) is 2. The largest absolute Gasteiger partial charge is 0.322 e. The van der Waals surface area contributed by atoms with Gasteiger partial charge >= 0.3 is 6.03 Å². The summed E-state index contributed by atoms with van der Waals surface area (Å²) >= 11 is 1.32. The van der Waals surface area contributed by atoms with E-state index in [2.05, 4.69) is 33.0 Å². The van der Waals surface area contributed by atoms with Gasteiger partial charge in [0.25, 0.3) is 0 Å². The fourth-order valence-electron chi connectivity index (χ4n) is 4.20. The van der Waals surface area contributed by atoms with Gasteiger partial charge in [-0.1, -0.05) is 30.4 Å². The molecule has 0 unspecified atom stereocenters. The molecular formula is C17H21N5O3S. The monoisotopic (exact) mass is 375 g/mol. The lowest BCUT2D eigenvalue weighted by atomic mass is 9.63. The minimum absolute atomic E-state index is 0.115. The molecule has 4 aliphatic rings. The van der Waals surface area contributed by atoms with Crippen molar-refractivity contribution in [2.45, 2.75) is 32.6 Å². The van der Waals surface area contributed by atoms with Crippen molar-refractivity contribution in [3.05, 3.63) is 17.2 Å². The minimum Gasteiger partial charge on any atom is -0.320 e. The molecule has 2 bridgehead atoms. The minimum atomic E-state index is -0.499. The predicted molar refractivity (Wildman–Crippen MR) is 95.1 cm³/mol. The summed E-state index contributed by atoms with van der Waals surface area (Å²) in [4.78, 5) is 38.6. The Labute approximate surface area is 155 Å². The molecule has 0 radical (unpaired) electrons. The average Bonchev–Trinajstić information content (AvgIpc) is 3.19. The zero-order valence-electron chi connectivity index (χ0n) is 14.5. The Balaban J connectivity index is 1.35. The summed E-state index contributed by atoms with van der Waals surface area (Å²) in [6, 6.07) is -0.499. The zero-order valence-corrected chi connectivity index (χ0v) is 15.3. The number of nitrogens with zero attached hydrogens (tertiary/aromatic N) is 3. The summed E-state index contributed by atoms with van der Waals surface area (Å²) in [6.07, 6.45) is 7.84. The SMILES string of the molecule is CCCc1nnc(NC(=O)NCN2C(=O)[C@@H]3[C@@H](C2=O)[C@H]2C=C[C@H]3CC2)s1. The standard InChI is InChI=1S/C17H21N5O3S/c1-2-3-11-20-21-17(26-11)19-16(25)18-8-22-14(23)12-9-4-5-10(7-6-9)13(12)15(22)24/h4-5,9-10,12-13H,2-3,6-8H2,1H3,(H2,18,19,21,25)/t9-,10-,12-,13-/m0/s1. The highest BCUT2D eigenvalue weighted by atomic mass is 32.1. The Hall–Kier alpha value is -2.29. The first-order valence-electron chi connectivity index (χ1n) is 8.99. The lowest BCUT2D eigenvalue weighted by Gasteiger charge is -2.38. The number of nitrogens with one attached hydrogen (secondary N) is 2. The van der Waals surface area contributed by atoms with Gasteiger partial charge in [-0.15, -0.1) is 10.2 Å². The van der Waals surface area contributed by atoms with E-state index in [0.29, 0.717) is 5.13 Å². The summed E-state index contributed by atoms with van der Waals surface area (Å²) < 4.78 is 0. The van der Waals surface area contributed by atoms with Gasteiger partial charge in [-0.05, 0) is 31.1 Å². The third-order valence-corrected chi connectivity index (χ3v) is 6.30. The quantitative estimate of drug-likeness (QED) is 0.603. The van der Waals surface area contributed by atoms with Gasteiger partial charge in [0, 0.05) is 6.42 Å². The number of fused-ring (bicyclic) bond motifs is 1. The normalized spacial score (nSPS) is 29.2. The van der Waals surface area contributed by atoms with E-state index in [1.807, 2.05) is 6.92 Å². The summed E-state index contributed by atoms with van der Waals surface area (Å²) in [5.41, 5.74) is 0. The van der Waals surface area contributed by atoms with Crippen LogP contribution in [0.4, 0.5) is 9.93 Å². The van der Waals surface area contributed by atoms with E-state index in [0.717, 1.165) is 30.7 Å². The number of aromatic nitrogens is 2. The van der Waals surface area contributed by atoms with Gasteiger partial charge < -0.3 is 5.32 Å². The van der Waals surface area contributed by atoms with Crippen LogP contribution in [0, 0.1) is 23.7 Å². The number of likely N-dealkylation sites (tertiary alicyclic amines) is 1. The fourth-order valence-corrected chi connectivity index (χ4v) is 5.04. The number of carbonyl (C=O) groups excluding carboxylic acids is 3. The molecule has 26 heavy (non-hydrogen) atoms. The molecule has 2 heterocycles. The van der Waals surface area contributed by atoms with E-state index < -0.39 is 6.03 Å². The predicted octanol–water partition coefficient (Wildman–Crippen LogP) is 1.77. The first-order valence-corrected chi connectivity index (χ1v) is 9.81. The number of urea groups is 1. The molecule has 5 rings (SSSR count). The Bertz CT molecular complexity index is 744. The van der Waals surface area contributed by atoms with Gasteiger partial charge in [-0.25, -0.2) is 4.79 Å². The van der Waals surface area contributed by atoms with Crippen LogP contribution in [-0.4, -0.2) is 39.6 Å². The Morgan fingerprint density at radius 1 is 1.19 bits per heavy atom. The molecule has 1 aromatic rings. The highest BCUT2D eigenvalue weighted by Crippen LogP contribution is 2.49. The van der Waals surface area contributed by atoms with Crippen molar-refractivity contribution in [1.29, 1.82) is 0 Å². The van der Waals surface area contributed by atoms with Crippen LogP contribution in [0.3, 0.4) is 0 Å². The van der Waals surface area contributed by atoms with Gasteiger partial charge in [0.05, 0.1) is 11.8 Å². The topological polar surface area (TPSA) is 104 Å². The van der Waals surface area contributed by atoms with Crippen molar-refractivity contribution in [3.8, 4) is 0 Å². The van der Waals surface area contributed by atoms with Crippen molar-refractivity contribution >= 4 is 34.3 Å². The molecule has 4 atom stereocenters. The number of anilines is 1. The van der Waals surface area contributed by atoms with Crippen molar-refractivity contribution < 1.29 is 14.4 Å². The third-order valence-electron chi connectivity index (χ3n) is 5.40. The van der Waals surface area contributed by atoms with E-state index >= 15 is 0 Å². The maximum Gasteiger partial charge on any atom is 0.322 e. The maximum atomic E-state index is 12.7. The van der Waals surface area contributed by atoms with Crippen molar-refractivity contribution in [2.24, 2.45) is 23.7 Å². The molecule has 9 heteroatoms. The molecule has 0 spiro atoms. The van der Waals surface area contributed by atoms with Crippen molar-refractivity contribution in [1.82, 2.24) is 20.4 Å². The summed E-state index contributed by atoms with van der Waals surface area (Å²) in [5.74, 6) is -0.537. The second-order valence-electron chi connectivity index (χ2n) is 6.99. The lowest BCUT2D eigenvalue weighted by Crippen LogP contribution is -2.43. The van der Waals surface area contributed by atoms with Gasteiger partial charge in [-0.3, -0.25) is 19.8 Å². The summed E-state index contributed by atoms with van der Waals surface area (Å²) in [6.45, 7) is 1.93. The van der Waals surface area contributed by atoms with Crippen molar-refractivity contribution in [3.63, 3.8) is 0 Å². The number of rotatable bonds is 5. The van der Waals surface area contributed by atoms with Crippen LogP contribution in [0.1, 0.15) is 31.2 Å². The van der Waals surface area contributed by atoms with Gasteiger partial charge in [-0.2, -0.15) is 0 Å². The average molecular weight is 375 g/mol. The second-order valence-corrected chi connectivity index (χ2v) is 8.05. The first-order chi connectivity index (χ1) is 12.6. The molecule has 1 aliphatic heterocycles. The second kappa shape index (κ2) is 6.79. The van der Waals surface area contributed by atoms with E-state index in [1.165, 1.54) is 16.2 Å². The van der Waals surface area contributed by atoms with Crippen LogP contribution in [-0.2, 0) is 16.0 Å². The molecule has 138 valence electrons. The molecule has 1 saturated heterocycles. The molecular weight excluding hydrogens is 354 g/mol.